The Balaban J connectivity index is -0.000000109. The van der Waals surface area contributed by atoms with Crippen LogP contribution in [-0.4, -0.2) is 24.9 Å². The molecule has 0 aliphatic heterocycles. The summed E-state index contributed by atoms with van der Waals surface area (Å²) in [4.78, 5) is 0. The van der Waals surface area contributed by atoms with Gasteiger partial charge in [-0.1, -0.05) is 0 Å². The summed E-state index contributed by atoms with van der Waals surface area (Å²) in [6.07, 6.45) is 0. The topological polar surface area (TPSA) is 29.5 Å². The first kappa shape index (κ1) is 16.5. The summed E-state index contributed by atoms with van der Waals surface area (Å²) in [5.41, 5.74) is 0. The molecule has 9 heavy (non-hydrogen) atoms. The van der Waals surface area contributed by atoms with Gasteiger partial charge in [0.1, 0.15) is 0 Å². The molecule has 0 saturated carbocycles. The fourth-order valence-electron chi connectivity index (χ4n) is 0.209. The third-order valence-corrected chi connectivity index (χ3v) is 0.440. The molecule has 0 unspecified atom stereocenters. The molecule has 0 saturated heterocycles. The van der Waals surface area contributed by atoms with Crippen LogP contribution in [0.25, 0.3) is 0 Å². The molecular weight excluding hydrogens is 193 g/mol. The molecule has 0 spiro atoms. The zero-order valence-electron chi connectivity index (χ0n) is 6.26. The normalized spacial score (nSPS) is 6.67. The fourth-order valence-corrected chi connectivity index (χ4v) is 0.209. The Hall–Kier alpha value is 1.02. The van der Waals surface area contributed by atoms with Crippen molar-refractivity contribution in [3.8, 4) is 0 Å². The van der Waals surface area contributed by atoms with Gasteiger partial charge in [-0.05, 0) is 6.92 Å². The van der Waals surface area contributed by atoms with Crippen LogP contribution < -0.4 is 0 Å². The number of aliphatic hydroxyl groups excluding tert-OH is 1. The Kier molecular flexibility index (Phi) is 42.3. The van der Waals surface area contributed by atoms with E-state index in [0.29, 0.717) is 13.2 Å². The second-order valence-electron chi connectivity index (χ2n) is 0.921. The zero-order valence-corrected chi connectivity index (χ0v) is 9.10. The summed E-state index contributed by atoms with van der Waals surface area (Å²) < 4.78 is 4.73. The quantitative estimate of drug-likeness (QED) is 0.550. The van der Waals surface area contributed by atoms with Crippen molar-refractivity contribution >= 4 is 0 Å². The summed E-state index contributed by atoms with van der Waals surface area (Å²) >= 11 is 0. The van der Waals surface area contributed by atoms with Gasteiger partial charge in [0, 0.05) is 39.3 Å². The first-order chi connectivity index (χ1) is 3.91. The van der Waals surface area contributed by atoms with Crippen molar-refractivity contribution in [1.82, 2.24) is 0 Å². The van der Waals surface area contributed by atoms with Gasteiger partial charge >= 0.3 is 0 Å². The van der Waals surface area contributed by atoms with Crippen molar-refractivity contribution in [2.24, 2.45) is 0 Å². The van der Waals surface area contributed by atoms with Crippen molar-refractivity contribution in [3.05, 3.63) is 6.92 Å². The molecule has 1 radical (unpaired) electrons. The maximum Gasteiger partial charge on any atom is 0.0697 e. The largest absolute Gasteiger partial charge is 0.394 e. The monoisotopic (exact) mass is 208 g/mol. The Morgan fingerprint density at radius 3 is 2.00 bits per heavy atom. The Morgan fingerprint density at radius 2 is 1.89 bits per heavy atom. The van der Waals surface area contributed by atoms with Crippen molar-refractivity contribution in [3.63, 3.8) is 0 Å². The molecule has 0 aromatic rings. The zero-order chi connectivity index (χ0) is 6.83. The molecule has 0 aromatic heterocycles. The molecule has 2 nitrogen and oxygen atoms in total. The third-order valence-electron chi connectivity index (χ3n) is 0.440. The Morgan fingerprint density at radius 1 is 1.44 bits per heavy atom. The molecule has 55 valence electrons. The minimum absolute atomic E-state index is 0. The van der Waals surface area contributed by atoms with E-state index in [-0.39, 0.29) is 39.3 Å². The van der Waals surface area contributed by atoms with Crippen LogP contribution in [0.2, 0.25) is 0 Å². The van der Waals surface area contributed by atoms with E-state index in [1.54, 1.807) is 6.92 Å². The van der Waals surface area contributed by atoms with Crippen LogP contribution >= 0.6 is 0 Å². The van der Waals surface area contributed by atoms with Crippen LogP contribution in [0, 0.1) is 6.92 Å². The smallest absolute Gasteiger partial charge is 0.0697 e. The van der Waals surface area contributed by atoms with Gasteiger partial charge in [0.15, 0.2) is 0 Å². The van der Waals surface area contributed by atoms with E-state index in [0.717, 1.165) is 0 Å². The number of ether oxygens (including phenoxy) is 1. The van der Waals surface area contributed by atoms with Crippen LogP contribution in [0.1, 0.15) is 13.8 Å². The van der Waals surface area contributed by atoms with Crippen molar-refractivity contribution in [2.75, 3.05) is 19.8 Å². The maximum absolute atomic E-state index is 8.07. The summed E-state index contributed by atoms with van der Waals surface area (Å²) in [6, 6.07) is 0. The van der Waals surface area contributed by atoms with E-state index >= 15 is 0 Å². The number of aliphatic hydroxyl groups is 1. The van der Waals surface area contributed by atoms with Crippen molar-refractivity contribution in [1.29, 1.82) is 0 Å². The molecule has 3 heteroatoms. The summed E-state index contributed by atoms with van der Waals surface area (Å²) in [7, 11) is 0. The molecule has 0 aliphatic carbocycles. The summed E-state index contributed by atoms with van der Waals surface area (Å²) in [5, 5.41) is 8.07. The van der Waals surface area contributed by atoms with Gasteiger partial charge in [-0.3, -0.25) is 0 Å². The average molecular weight is 208 g/mol. The SMILES string of the molecule is CCOCCO.[CH2-]C.[Y]. The minimum Gasteiger partial charge on any atom is -0.394 e. The van der Waals surface area contributed by atoms with Crippen LogP contribution in [-0.2, 0) is 37.4 Å². The molecule has 0 aromatic carbocycles. The predicted molar refractivity (Wildman–Crippen MR) is 34.6 cm³/mol. The summed E-state index contributed by atoms with van der Waals surface area (Å²) in [6.45, 7) is 8.20. The van der Waals surface area contributed by atoms with Crippen molar-refractivity contribution < 1.29 is 42.6 Å². The minimum atomic E-state index is 0. The van der Waals surface area contributed by atoms with Gasteiger partial charge < -0.3 is 16.8 Å². The average Bonchev–Trinajstić information content (AvgIpc) is 1.88. The van der Waals surface area contributed by atoms with Crippen LogP contribution in [0.3, 0.4) is 0 Å². The second kappa shape index (κ2) is 23.0. The molecule has 0 rings (SSSR count). The standard InChI is InChI=1S/C4H10O2.C2H5.Y/c1-2-6-4-3-5;1-2;/h5H,2-4H2,1H3;1H2,2H3;/q;-1;. The van der Waals surface area contributed by atoms with Gasteiger partial charge in [-0.25, -0.2) is 0 Å². The first-order valence-electron chi connectivity index (χ1n) is 2.81. The predicted octanol–water partition coefficient (Wildman–Crippen LogP) is 0.853. The van der Waals surface area contributed by atoms with E-state index < -0.39 is 0 Å². The van der Waals surface area contributed by atoms with E-state index in [2.05, 4.69) is 6.92 Å². The van der Waals surface area contributed by atoms with Crippen LogP contribution in [0.15, 0.2) is 0 Å². The fraction of sp³-hybridized carbons (Fsp3) is 0.833. The Labute approximate surface area is 82.9 Å². The first-order valence-corrected chi connectivity index (χ1v) is 2.81. The number of rotatable bonds is 3. The van der Waals surface area contributed by atoms with Gasteiger partial charge in [0.05, 0.1) is 13.2 Å². The maximum atomic E-state index is 8.07. The van der Waals surface area contributed by atoms with Gasteiger partial charge in [0.2, 0.25) is 0 Å². The van der Waals surface area contributed by atoms with Crippen LogP contribution in [0.4, 0.5) is 0 Å². The summed E-state index contributed by atoms with van der Waals surface area (Å²) in [5.74, 6) is 0. The third kappa shape index (κ3) is 27.5. The molecule has 0 fully saturated rings. The molecule has 0 heterocycles. The van der Waals surface area contributed by atoms with Crippen molar-refractivity contribution in [2.45, 2.75) is 13.8 Å². The molecule has 0 amide bonds. The Bertz CT molecular complexity index is 23.0. The number of hydrogen-bond donors (Lipinski definition) is 1. The molecule has 0 atom stereocenters. The molecule has 0 bridgehead atoms. The van der Waals surface area contributed by atoms with E-state index in [4.69, 9.17) is 9.84 Å². The second-order valence-corrected chi connectivity index (χ2v) is 0.921. The molecule has 1 N–H and O–H groups in total. The van der Waals surface area contributed by atoms with E-state index in [1.807, 2.05) is 6.92 Å². The van der Waals surface area contributed by atoms with Gasteiger partial charge in [0.25, 0.3) is 0 Å². The van der Waals surface area contributed by atoms with Gasteiger partial charge in [-0.2, -0.15) is 6.92 Å². The molecular formula is C6H15O2Y-. The number of hydrogen-bond acceptors (Lipinski definition) is 2. The van der Waals surface area contributed by atoms with E-state index in [1.165, 1.54) is 0 Å². The molecule has 0 aliphatic rings. The van der Waals surface area contributed by atoms with E-state index in [9.17, 15) is 0 Å². The van der Waals surface area contributed by atoms with Crippen LogP contribution in [0.5, 0.6) is 0 Å². The van der Waals surface area contributed by atoms with Gasteiger partial charge in [-0.15, -0.1) is 0 Å².